The lowest BCUT2D eigenvalue weighted by Crippen LogP contribution is -2.40. The highest BCUT2D eigenvalue weighted by molar-refractivity contribution is 6.31. The first-order chi connectivity index (χ1) is 12.0. The van der Waals surface area contributed by atoms with Gasteiger partial charge in [-0.1, -0.05) is 11.6 Å². The van der Waals surface area contributed by atoms with Gasteiger partial charge in [-0.3, -0.25) is 14.4 Å². The van der Waals surface area contributed by atoms with Crippen molar-refractivity contribution in [1.29, 1.82) is 0 Å². The Balaban J connectivity index is 1.77. The van der Waals surface area contributed by atoms with Crippen molar-refractivity contribution in [1.82, 2.24) is 10.6 Å². The van der Waals surface area contributed by atoms with Gasteiger partial charge in [-0.25, -0.2) is 0 Å². The molecule has 0 fully saturated rings. The molecule has 1 aromatic heterocycles. The Bertz CT molecular complexity index is 761. The molecule has 0 aliphatic heterocycles. The summed E-state index contributed by atoms with van der Waals surface area (Å²) in [6, 6.07) is 7.80. The Morgan fingerprint density at radius 1 is 1.12 bits per heavy atom. The molecular formula is C16H16ClN3O5. The fourth-order valence-electron chi connectivity index (χ4n) is 1.87. The summed E-state index contributed by atoms with van der Waals surface area (Å²) in [5, 5.41) is 7.77. The highest BCUT2D eigenvalue weighted by Crippen LogP contribution is 2.27. The third-order valence-corrected chi connectivity index (χ3v) is 3.27. The fourth-order valence-corrected chi connectivity index (χ4v) is 2.04. The topological polar surface area (TPSA) is 110 Å². The number of furan rings is 1. The lowest BCUT2D eigenvalue weighted by Gasteiger charge is -2.11. The number of rotatable bonds is 7. The second kappa shape index (κ2) is 8.74. The smallest absolute Gasteiger partial charge is 0.287 e. The van der Waals surface area contributed by atoms with E-state index in [1.165, 1.54) is 25.5 Å². The first-order valence-electron chi connectivity index (χ1n) is 7.21. The number of anilines is 1. The zero-order chi connectivity index (χ0) is 18.2. The Hall–Kier alpha value is -3.00. The van der Waals surface area contributed by atoms with E-state index in [9.17, 15) is 14.4 Å². The van der Waals surface area contributed by atoms with Crippen molar-refractivity contribution in [3.8, 4) is 5.75 Å². The Kier molecular flexibility index (Phi) is 6.41. The summed E-state index contributed by atoms with van der Waals surface area (Å²) in [6.07, 6.45) is 1.35. The molecule has 0 saturated heterocycles. The van der Waals surface area contributed by atoms with Crippen LogP contribution in [0, 0.1) is 0 Å². The van der Waals surface area contributed by atoms with E-state index in [-0.39, 0.29) is 18.8 Å². The van der Waals surface area contributed by atoms with E-state index < -0.39 is 17.7 Å². The molecule has 0 aliphatic rings. The van der Waals surface area contributed by atoms with Crippen LogP contribution in [0.5, 0.6) is 5.75 Å². The van der Waals surface area contributed by atoms with Crippen molar-refractivity contribution < 1.29 is 23.5 Å². The molecule has 0 spiro atoms. The van der Waals surface area contributed by atoms with Crippen LogP contribution in [-0.4, -0.2) is 37.9 Å². The van der Waals surface area contributed by atoms with Crippen LogP contribution in [0.3, 0.4) is 0 Å². The first-order valence-corrected chi connectivity index (χ1v) is 7.59. The number of hydrogen-bond donors (Lipinski definition) is 3. The molecule has 0 saturated carbocycles. The summed E-state index contributed by atoms with van der Waals surface area (Å²) in [5.74, 6) is -0.971. The van der Waals surface area contributed by atoms with E-state index >= 15 is 0 Å². The largest absolute Gasteiger partial charge is 0.495 e. The first kappa shape index (κ1) is 18.3. The number of methoxy groups -OCH3 is 1. The fraction of sp³-hybridized carbons (Fsp3) is 0.188. The molecule has 0 unspecified atom stereocenters. The van der Waals surface area contributed by atoms with E-state index in [1.54, 1.807) is 18.2 Å². The summed E-state index contributed by atoms with van der Waals surface area (Å²) in [6.45, 7) is -0.557. The quantitative estimate of drug-likeness (QED) is 0.687. The molecule has 3 N–H and O–H groups in total. The summed E-state index contributed by atoms with van der Waals surface area (Å²) in [4.78, 5) is 35.2. The van der Waals surface area contributed by atoms with Gasteiger partial charge in [0.15, 0.2) is 5.76 Å². The highest BCUT2D eigenvalue weighted by atomic mass is 35.5. The number of benzene rings is 1. The molecule has 8 nitrogen and oxygen atoms in total. The molecule has 0 radical (unpaired) electrons. The molecular weight excluding hydrogens is 350 g/mol. The molecule has 1 aromatic carbocycles. The number of hydrogen-bond acceptors (Lipinski definition) is 5. The predicted molar refractivity (Wildman–Crippen MR) is 90.7 cm³/mol. The average molecular weight is 366 g/mol. The van der Waals surface area contributed by atoms with E-state index in [0.717, 1.165) is 0 Å². The SMILES string of the molecule is COc1ccc(Cl)cc1NC(=O)CNC(=O)CNC(=O)c1ccco1. The maximum atomic E-state index is 11.9. The van der Waals surface area contributed by atoms with Gasteiger partial charge in [0.1, 0.15) is 5.75 Å². The van der Waals surface area contributed by atoms with Gasteiger partial charge in [-0.05, 0) is 30.3 Å². The molecule has 2 aromatic rings. The molecule has 0 aliphatic carbocycles. The van der Waals surface area contributed by atoms with Gasteiger partial charge in [0.05, 0.1) is 32.1 Å². The average Bonchev–Trinajstić information content (AvgIpc) is 3.13. The summed E-state index contributed by atoms with van der Waals surface area (Å²) < 4.78 is 10.0. The van der Waals surface area contributed by atoms with Crippen LogP contribution in [-0.2, 0) is 9.59 Å². The van der Waals surface area contributed by atoms with E-state index in [2.05, 4.69) is 16.0 Å². The van der Waals surface area contributed by atoms with Crippen molar-refractivity contribution in [2.75, 3.05) is 25.5 Å². The van der Waals surface area contributed by atoms with E-state index in [1.807, 2.05) is 0 Å². The molecule has 3 amide bonds. The van der Waals surface area contributed by atoms with Crippen LogP contribution in [0.4, 0.5) is 5.69 Å². The summed E-state index contributed by atoms with van der Waals surface area (Å²) in [7, 11) is 1.46. The number of nitrogens with one attached hydrogen (secondary N) is 3. The second-order valence-corrected chi connectivity index (χ2v) is 5.27. The molecule has 0 bridgehead atoms. The third-order valence-electron chi connectivity index (χ3n) is 3.04. The maximum absolute atomic E-state index is 11.9. The van der Waals surface area contributed by atoms with Crippen LogP contribution in [0.15, 0.2) is 41.0 Å². The highest BCUT2D eigenvalue weighted by Gasteiger charge is 2.12. The van der Waals surface area contributed by atoms with Crippen LogP contribution in [0.2, 0.25) is 5.02 Å². The standard InChI is InChI=1S/C16H16ClN3O5/c1-24-12-5-4-10(17)7-11(12)20-15(22)9-18-14(21)8-19-16(23)13-3-2-6-25-13/h2-7H,8-9H2,1H3,(H,18,21)(H,19,23)(H,20,22). The Morgan fingerprint density at radius 3 is 2.56 bits per heavy atom. The van der Waals surface area contributed by atoms with Crippen LogP contribution in [0.1, 0.15) is 10.6 Å². The zero-order valence-electron chi connectivity index (χ0n) is 13.3. The molecule has 1 heterocycles. The molecule has 25 heavy (non-hydrogen) atoms. The molecule has 9 heteroatoms. The lowest BCUT2D eigenvalue weighted by atomic mass is 10.3. The third kappa shape index (κ3) is 5.54. The minimum absolute atomic E-state index is 0.0959. The summed E-state index contributed by atoms with van der Waals surface area (Å²) in [5.41, 5.74) is 0.389. The monoisotopic (exact) mass is 365 g/mol. The van der Waals surface area contributed by atoms with Crippen molar-refractivity contribution in [2.45, 2.75) is 0 Å². The Morgan fingerprint density at radius 2 is 1.88 bits per heavy atom. The van der Waals surface area contributed by atoms with E-state index in [4.69, 9.17) is 20.8 Å². The van der Waals surface area contributed by atoms with Crippen molar-refractivity contribution in [3.05, 3.63) is 47.4 Å². The van der Waals surface area contributed by atoms with Crippen molar-refractivity contribution in [2.24, 2.45) is 0 Å². The van der Waals surface area contributed by atoms with Gasteiger partial charge < -0.3 is 25.1 Å². The van der Waals surface area contributed by atoms with Crippen LogP contribution >= 0.6 is 11.6 Å². The van der Waals surface area contributed by atoms with Gasteiger partial charge in [-0.2, -0.15) is 0 Å². The van der Waals surface area contributed by atoms with Gasteiger partial charge in [-0.15, -0.1) is 0 Å². The molecule has 2 rings (SSSR count). The summed E-state index contributed by atoms with van der Waals surface area (Å²) >= 11 is 5.87. The lowest BCUT2D eigenvalue weighted by molar-refractivity contribution is -0.123. The van der Waals surface area contributed by atoms with Gasteiger partial charge in [0.2, 0.25) is 11.8 Å². The van der Waals surface area contributed by atoms with E-state index in [0.29, 0.717) is 16.5 Å². The number of carbonyl (C=O) groups is 3. The Labute approximate surface area is 148 Å². The minimum Gasteiger partial charge on any atom is -0.495 e. The number of halogens is 1. The van der Waals surface area contributed by atoms with Crippen LogP contribution < -0.4 is 20.7 Å². The van der Waals surface area contributed by atoms with Crippen molar-refractivity contribution >= 4 is 35.0 Å². The molecule has 0 atom stereocenters. The zero-order valence-corrected chi connectivity index (χ0v) is 14.1. The second-order valence-electron chi connectivity index (χ2n) is 4.83. The number of amides is 3. The molecule has 132 valence electrons. The number of carbonyl (C=O) groups excluding carboxylic acids is 3. The van der Waals surface area contributed by atoms with Gasteiger partial charge >= 0.3 is 0 Å². The minimum atomic E-state index is -0.520. The van der Waals surface area contributed by atoms with Gasteiger partial charge in [0.25, 0.3) is 5.91 Å². The maximum Gasteiger partial charge on any atom is 0.287 e. The van der Waals surface area contributed by atoms with Gasteiger partial charge in [0, 0.05) is 5.02 Å². The van der Waals surface area contributed by atoms with Crippen molar-refractivity contribution in [3.63, 3.8) is 0 Å². The van der Waals surface area contributed by atoms with Crippen LogP contribution in [0.25, 0.3) is 0 Å². The number of ether oxygens (including phenoxy) is 1. The predicted octanol–water partition coefficient (Wildman–Crippen LogP) is 1.43. The normalized spacial score (nSPS) is 10.0.